The molecule has 0 aromatic heterocycles. The maximum atomic E-state index is 11.9. The maximum absolute atomic E-state index is 11.9. The number of sulfonamides is 1. The van der Waals surface area contributed by atoms with Gasteiger partial charge >= 0.3 is 6.03 Å². The Morgan fingerprint density at radius 1 is 1.30 bits per heavy atom. The Bertz CT molecular complexity index is 655. The van der Waals surface area contributed by atoms with Crippen LogP contribution in [0.2, 0.25) is 0 Å². The molecule has 8 heteroatoms. The van der Waals surface area contributed by atoms with E-state index in [4.69, 9.17) is 4.74 Å². The highest BCUT2D eigenvalue weighted by atomic mass is 32.2. The first kappa shape index (κ1) is 17.7. The zero-order valence-electron chi connectivity index (χ0n) is 13.6. The fraction of sp³-hybridized carbons (Fsp3) is 0.533. The van der Waals surface area contributed by atoms with Crippen LogP contribution >= 0.6 is 0 Å². The second kappa shape index (κ2) is 7.29. The number of ether oxygens (including phenoxy) is 1. The number of carbonyl (C=O) groups excluding carboxylic acids is 1. The van der Waals surface area contributed by atoms with E-state index < -0.39 is 10.0 Å². The fourth-order valence-corrected chi connectivity index (χ4v) is 3.39. The van der Waals surface area contributed by atoms with Gasteiger partial charge in [0.15, 0.2) is 0 Å². The van der Waals surface area contributed by atoms with Crippen molar-refractivity contribution in [3.8, 4) is 0 Å². The molecular weight excluding hydrogens is 318 g/mol. The van der Waals surface area contributed by atoms with Crippen molar-refractivity contribution < 1.29 is 17.9 Å². The Kier molecular flexibility index (Phi) is 5.61. The van der Waals surface area contributed by atoms with Crippen molar-refractivity contribution in [2.45, 2.75) is 20.0 Å². The van der Waals surface area contributed by atoms with Crippen molar-refractivity contribution >= 4 is 21.7 Å². The predicted molar refractivity (Wildman–Crippen MR) is 89.1 cm³/mol. The summed E-state index contributed by atoms with van der Waals surface area (Å²) in [5.74, 6) is 0. The Balaban J connectivity index is 1.84. The number of nitrogens with one attached hydrogen (secondary N) is 2. The lowest BCUT2D eigenvalue weighted by molar-refractivity contribution is 0.00167. The molecule has 1 aromatic carbocycles. The van der Waals surface area contributed by atoms with Crippen LogP contribution in [0.25, 0.3) is 0 Å². The van der Waals surface area contributed by atoms with E-state index >= 15 is 0 Å². The third-order valence-corrected chi connectivity index (χ3v) is 4.81. The summed E-state index contributed by atoms with van der Waals surface area (Å²) in [5, 5.41) is 5.48. The highest BCUT2D eigenvalue weighted by Gasteiger charge is 2.26. The molecule has 7 nitrogen and oxygen atoms in total. The molecule has 1 heterocycles. The van der Waals surface area contributed by atoms with Gasteiger partial charge in [-0.3, -0.25) is 0 Å². The number of carbonyl (C=O) groups is 1. The third kappa shape index (κ3) is 5.49. The van der Waals surface area contributed by atoms with Crippen LogP contribution in [0.3, 0.4) is 0 Å². The van der Waals surface area contributed by atoms with Gasteiger partial charge in [0.05, 0.1) is 19.0 Å². The Morgan fingerprint density at radius 2 is 1.96 bits per heavy atom. The summed E-state index contributed by atoms with van der Waals surface area (Å²) < 4.78 is 30.0. The minimum absolute atomic E-state index is 0.253. The number of morpholine rings is 1. The number of benzene rings is 1. The molecule has 1 saturated heterocycles. The summed E-state index contributed by atoms with van der Waals surface area (Å²) in [7, 11) is -3.23. The zero-order valence-corrected chi connectivity index (χ0v) is 14.4. The normalized spacial score (nSPS) is 19.3. The van der Waals surface area contributed by atoms with Crippen LogP contribution in [0.4, 0.5) is 10.5 Å². The van der Waals surface area contributed by atoms with Gasteiger partial charge in [0.25, 0.3) is 0 Å². The molecule has 0 aliphatic carbocycles. The van der Waals surface area contributed by atoms with Gasteiger partial charge in [-0.2, -0.15) is 4.31 Å². The Hall–Kier alpha value is -1.64. The number of urea groups is 1. The van der Waals surface area contributed by atoms with Crippen molar-refractivity contribution in [2.75, 3.05) is 37.8 Å². The SMILES string of the molecule is Cc1cc(C)cc(NC(=O)NC[C@@H]2CN(S(C)(=O)=O)CCO2)c1. The average Bonchev–Trinajstić information content (AvgIpc) is 2.43. The lowest BCUT2D eigenvalue weighted by Crippen LogP contribution is -2.49. The molecule has 0 radical (unpaired) electrons. The number of nitrogens with zero attached hydrogens (tertiary/aromatic N) is 1. The molecule has 2 N–H and O–H groups in total. The number of rotatable bonds is 4. The van der Waals surface area contributed by atoms with Crippen molar-refractivity contribution in [2.24, 2.45) is 0 Å². The molecule has 23 heavy (non-hydrogen) atoms. The minimum atomic E-state index is -3.23. The smallest absolute Gasteiger partial charge is 0.319 e. The van der Waals surface area contributed by atoms with E-state index in [0.717, 1.165) is 16.8 Å². The largest absolute Gasteiger partial charge is 0.374 e. The van der Waals surface area contributed by atoms with Gasteiger partial charge in [0.2, 0.25) is 10.0 Å². The molecule has 0 bridgehead atoms. The standard InChI is InChI=1S/C15H23N3O4S/c1-11-6-12(2)8-13(7-11)17-15(19)16-9-14-10-18(4-5-22-14)23(3,20)21/h6-8,14H,4-5,9-10H2,1-3H3,(H2,16,17,19)/t14-/m1/s1. The number of hydrogen-bond donors (Lipinski definition) is 2. The van der Waals surface area contributed by atoms with Gasteiger partial charge in [0, 0.05) is 25.3 Å². The highest BCUT2D eigenvalue weighted by molar-refractivity contribution is 7.88. The minimum Gasteiger partial charge on any atom is -0.374 e. The van der Waals surface area contributed by atoms with E-state index in [2.05, 4.69) is 10.6 Å². The van der Waals surface area contributed by atoms with Gasteiger partial charge in [-0.15, -0.1) is 0 Å². The van der Waals surface area contributed by atoms with E-state index in [9.17, 15) is 13.2 Å². The third-order valence-electron chi connectivity index (χ3n) is 3.54. The summed E-state index contributed by atoms with van der Waals surface area (Å²) in [6.07, 6.45) is 0.832. The molecule has 128 valence electrons. The van der Waals surface area contributed by atoms with E-state index in [0.29, 0.717) is 13.2 Å². The number of hydrogen-bond acceptors (Lipinski definition) is 4. The molecule has 1 aliphatic rings. The molecule has 0 saturated carbocycles. The fourth-order valence-electron chi connectivity index (χ4n) is 2.55. The van der Waals surface area contributed by atoms with E-state index in [1.165, 1.54) is 10.6 Å². The first-order valence-electron chi connectivity index (χ1n) is 7.44. The molecule has 1 fully saturated rings. The first-order chi connectivity index (χ1) is 10.7. The highest BCUT2D eigenvalue weighted by Crippen LogP contribution is 2.13. The van der Waals surface area contributed by atoms with Gasteiger partial charge in [-0.1, -0.05) is 6.07 Å². The van der Waals surface area contributed by atoms with Crippen molar-refractivity contribution in [3.63, 3.8) is 0 Å². The molecule has 2 amide bonds. The van der Waals surface area contributed by atoms with Crippen LogP contribution in [0, 0.1) is 13.8 Å². The monoisotopic (exact) mass is 341 g/mol. The van der Waals surface area contributed by atoms with Gasteiger partial charge in [0.1, 0.15) is 0 Å². The average molecular weight is 341 g/mol. The zero-order chi connectivity index (χ0) is 17.0. The van der Waals surface area contributed by atoms with Crippen LogP contribution < -0.4 is 10.6 Å². The number of anilines is 1. The van der Waals surface area contributed by atoms with E-state index in [1.54, 1.807) is 0 Å². The molecule has 1 aliphatic heterocycles. The van der Waals surface area contributed by atoms with Crippen LogP contribution in [0.5, 0.6) is 0 Å². The summed E-state index contributed by atoms with van der Waals surface area (Å²) in [6.45, 7) is 5.12. The van der Waals surface area contributed by atoms with Crippen LogP contribution in [0.1, 0.15) is 11.1 Å². The van der Waals surface area contributed by atoms with Crippen molar-refractivity contribution in [1.29, 1.82) is 0 Å². The number of aryl methyl sites for hydroxylation is 2. The summed E-state index contributed by atoms with van der Waals surface area (Å²) >= 11 is 0. The maximum Gasteiger partial charge on any atom is 0.319 e. The molecule has 1 atom stereocenters. The summed E-state index contributed by atoms with van der Waals surface area (Å²) in [5.41, 5.74) is 2.86. The second-order valence-electron chi connectivity index (χ2n) is 5.83. The molecule has 0 spiro atoms. The van der Waals surface area contributed by atoms with Crippen LogP contribution in [-0.2, 0) is 14.8 Å². The Labute approximate surface area is 137 Å². The van der Waals surface area contributed by atoms with E-state index in [-0.39, 0.29) is 25.2 Å². The van der Waals surface area contributed by atoms with Crippen LogP contribution in [0.15, 0.2) is 18.2 Å². The van der Waals surface area contributed by atoms with Gasteiger partial charge in [-0.05, 0) is 37.1 Å². The van der Waals surface area contributed by atoms with E-state index in [1.807, 2.05) is 32.0 Å². The number of amides is 2. The second-order valence-corrected chi connectivity index (χ2v) is 7.81. The molecule has 0 unspecified atom stereocenters. The van der Waals surface area contributed by atoms with Gasteiger partial charge in [-0.25, -0.2) is 13.2 Å². The molecule has 2 rings (SSSR count). The molecule has 1 aromatic rings. The topological polar surface area (TPSA) is 87.7 Å². The Morgan fingerprint density at radius 3 is 2.57 bits per heavy atom. The lowest BCUT2D eigenvalue weighted by Gasteiger charge is -2.31. The van der Waals surface area contributed by atoms with Crippen molar-refractivity contribution in [1.82, 2.24) is 9.62 Å². The summed E-state index contributed by atoms with van der Waals surface area (Å²) in [6, 6.07) is 5.46. The molecular formula is C15H23N3O4S. The van der Waals surface area contributed by atoms with Crippen molar-refractivity contribution in [3.05, 3.63) is 29.3 Å². The van der Waals surface area contributed by atoms with Crippen LogP contribution in [-0.4, -0.2) is 57.4 Å². The van der Waals surface area contributed by atoms with Gasteiger partial charge < -0.3 is 15.4 Å². The predicted octanol–water partition coefficient (Wildman–Crippen LogP) is 1.09. The quantitative estimate of drug-likeness (QED) is 0.858. The first-order valence-corrected chi connectivity index (χ1v) is 9.29. The summed E-state index contributed by atoms with van der Waals surface area (Å²) in [4.78, 5) is 11.9. The lowest BCUT2D eigenvalue weighted by atomic mass is 10.1.